The number of carbonyl (C=O) groups is 1. The highest BCUT2D eigenvalue weighted by molar-refractivity contribution is 5.76. The van der Waals surface area contributed by atoms with E-state index in [4.69, 9.17) is 9.47 Å². The van der Waals surface area contributed by atoms with Crippen LogP contribution in [-0.4, -0.2) is 87.5 Å². The minimum absolute atomic E-state index is 0.193. The molecule has 0 aromatic rings. The van der Waals surface area contributed by atoms with Gasteiger partial charge >= 0.3 is 0 Å². The van der Waals surface area contributed by atoms with Gasteiger partial charge in [0.15, 0.2) is 6.29 Å². The van der Waals surface area contributed by atoms with Crippen molar-refractivity contribution >= 4 is 5.91 Å². The SMILES string of the molecule is CCCCCC/C=C\C/C=C\CCCCCCCCCC(=O)NC(COC1OC(CO)C(O)C(O)C1O)C(O)/C=C/CC/C=C/CCCCCCCCCCCCCCCCCCCCCCCCC. The summed E-state index contributed by atoms with van der Waals surface area (Å²) in [6.07, 6.45) is 60.5. The summed E-state index contributed by atoms with van der Waals surface area (Å²) in [7, 11) is 0. The van der Waals surface area contributed by atoms with Crippen molar-refractivity contribution in [1.29, 1.82) is 0 Å². The highest BCUT2D eigenvalue weighted by Crippen LogP contribution is 2.23. The first-order valence-electron chi connectivity index (χ1n) is 29.9. The van der Waals surface area contributed by atoms with Gasteiger partial charge < -0.3 is 40.3 Å². The highest BCUT2D eigenvalue weighted by atomic mass is 16.7. The van der Waals surface area contributed by atoms with Crippen LogP contribution >= 0.6 is 0 Å². The Kier molecular flexibility index (Phi) is 47.9. The Hall–Kier alpha value is -1.85. The number of allylic oxidation sites excluding steroid dienone is 7. The van der Waals surface area contributed by atoms with Crippen LogP contribution in [0.3, 0.4) is 0 Å². The Balaban J connectivity index is 2.22. The van der Waals surface area contributed by atoms with Crippen LogP contribution in [0.5, 0.6) is 0 Å². The van der Waals surface area contributed by atoms with Crippen molar-refractivity contribution in [2.24, 2.45) is 0 Å². The molecule has 0 aromatic heterocycles. The first kappa shape index (κ1) is 66.2. The van der Waals surface area contributed by atoms with Crippen molar-refractivity contribution in [2.75, 3.05) is 13.2 Å². The zero-order valence-electron chi connectivity index (χ0n) is 45.5. The van der Waals surface area contributed by atoms with Gasteiger partial charge in [-0.25, -0.2) is 0 Å². The number of hydrogen-bond acceptors (Lipinski definition) is 8. The Morgan fingerprint density at radius 1 is 0.486 bits per heavy atom. The van der Waals surface area contributed by atoms with Gasteiger partial charge in [0.25, 0.3) is 0 Å². The summed E-state index contributed by atoms with van der Waals surface area (Å²) in [6.45, 7) is 3.77. The number of carbonyl (C=O) groups excluding carboxylic acids is 1. The Morgan fingerprint density at radius 2 is 0.857 bits per heavy atom. The molecule has 70 heavy (non-hydrogen) atoms. The number of unbranched alkanes of at least 4 members (excludes halogenated alkanes) is 35. The molecule has 1 rings (SSSR count). The summed E-state index contributed by atoms with van der Waals surface area (Å²) in [5.74, 6) is -0.193. The second kappa shape index (κ2) is 50.7. The fourth-order valence-corrected chi connectivity index (χ4v) is 9.38. The Labute approximate surface area is 431 Å². The van der Waals surface area contributed by atoms with E-state index >= 15 is 0 Å². The van der Waals surface area contributed by atoms with Crippen molar-refractivity contribution in [3.05, 3.63) is 48.6 Å². The predicted octanol–water partition coefficient (Wildman–Crippen LogP) is 14.9. The first-order chi connectivity index (χ1) is 34.3. The molecule has 0 aliphatic carbocycles. The summed E-state index contributed by atoms with van der Waals surface area (Å²) in [4.78, 5) is 13.0. The van der Waals surface area contributed by atoms with Crippen LogP contribution in [-0.2, 0) is 14.3 Å². The molecule has 0 radical (unpaired) electrons. The van der Waals surface area contributed by atoms with E-state index in [1.165, 1.54) is 199 Å². The maximum atomic E-state index is 13.0. The van der Waals surface area contributed by atoms with Gasteiger partial charge in [0.2, 0.25) is 5.91 Å². The Morgan fingerprint density at radius 3 is 1.30 bits per heavy atom. The standard InChI is InChI=1S/C61H113NO8/c1-3-5-7-9-11-13-15-17-19-21-23-24-25-26-27-28-29-30-31-32-33-34-36-38-40-42-44-46-48-50-55(64)54(53-69-61-60(68)59(67)58(66)56(52-63)70-61)62-57(65)51-49-47-45-43-41-39-37-35-22-20-18-16-14-12-10-8-6-4-2/h14,16,20,22,40,42,48,50,54-56,58-61,63-64,66-68H,3-13,15,17-19,21,23-39,41,43-47,49,51-53H2,1-2H3,(H,62,65)/b16-14-,22-20-,42-40+,50-48+. The summed E-state index contributed by atoms with van der Waals surface area (Å²) in [6, 6.07) is -0.828. The third-order valence-corrected chi connectivity index (χ3v) is 14.1. The molecular formula is C61H113NO8. The molecule has 1 aliphatic rings. The lowest BCUT2D eigenvalue weighted by Gasteiger charge is -2.40. The van der Waals surface area contributed by atoms with Crippen molar-refractivity contribution < 1.29 is 39.8 Å². The van der Waals surface area contributed by atoms with Gasteiger partial charge in [-0.3, -0.25) is 4.79 Å². The van der Waals surface area contributed by atoms with Crippen LogP contribution in [0.2, 0.25) is 0 Å². The van der Waals surface area contributed by atoms with E-state index in [0.29, 0.717) is 6.42 Å². The molecule has 1 fully saturated rings. The molecule has 6 N–H and O–H groups in total. The van der Waals surface area contributed by atoms with Crippen molar-refractivity contribution in [3.8, 4) is 0 Å². The van der Waals surface area contributed by atoms with Gasteiger partial charge in [-0.05, 0) is 64.2 Å². The van der Waals surface area contributed by atoms with Gasteiger partial charge in [-0.2, -0.15) is 0 Å². The summed E-state index contributed by atoms with van der Waals surface area (Å²) in [5.41, 5.74) is 0. The van der Waals surface area contributed by atoms with E-state index in [0.717, 1.165) is 57.8 Å². The van der Waals surface area contributed by atoms with Gasteiger partial charge in [0.1, 0.15) is 24.4 Å². The number of nitrogens with one attached hydrogen (secondary N) is 1. The van der Waals surface area contributed by atoms with Gasteiger partial charge in [0.05, 0.1) is 25.4 Å². The number of aliphatic hydroxyl groups excluding tert-OH is 5. The smallest absolute Gasteiger partial charge is 0.220 e. The van der Waals surface area contributed by atoms with Crippen molar-refractivity contribution in [2.45, 2.75) is 320 Å². The quantitative estimate of drug-likeness (QED) is 0.0261. The average Bonchev–Trinajstić information content (AvgIpc) is 3.36. The zero-order chi connectivity index (χ0) is 50.8. The van der Waals surface area contributed by atoms with Crippen LogP contribution in [0.4, 0.5) is 0 Å². The number of ether oxygens (including phenoxy) is 2. The molecule has 9 nitrogen and oxygen atoms in total. The lowest BCUT2D eigenvalue weighted by molar-refractivity contribution is -0.302. The maximum absolute atomic E-state index is 13.0. The Bertz CT molecular complexity index is 1240. The number of hydrogen-bond donors (Lipinski definition) is 6. The second-order valence-electron chi connectivity index (χ2n) is 20.8. The molecule has 1 heterocycles. The lowest BCUT2D eigenvalue weighted by Crippen LogP contribution is -2.60. The van der Waals surface area contributed by atoms with Crippen molar-refractivity contribution in [1.82, 2.24) is 5.32 Å². The third kappa shape index (κ3) is 39.7. The fourth-order valence-electron chi connectivity index (χ4n) is 9.38. The second-order valence-corrected chi connectivity index (χ2v) is 20.8. The molecular weight excluding hydrogens is 875 g/mol. The average molecular weight is 989 g/mol. The van der Waals surface area contributed by atoms with E-state index in [1.807, 2.05) is 6.08 Å². The van der Waals surface area contributed by atoms with E-state index in [9.17, 15) is 30.3 Å². The van der Waals surface area contributed by atoms with E-state index in [1.54, 1.807) is 6.08 Å². The van der Waals surface area contributed by atoms with Crippen LogP contribution in [0, 0.1) is 0 Å². The molecule has 7 unspecified atom stereocenters. The molecule has 1 saturated heterocycles. The molecule has 0 aromatic carbocycles. The summed E-state index contributed by atoms with van der Waals surface area (Å²) in [5, 5.41) is 54.5. The third-order valence-electron chi connectivity index (χ3n) is 14.1. The normalized spacial score (nSPS) is 19.7. The van der Waals surface area contributed by atoms with E-state index in [-0.39, 0.29) is 12.5 Å². The van der Waals surface area contributed by atoms with Gasteiger partial charge in [-0.1, -0.05) is 255 Å². The topological polar surface area (TPSA) is 149 Å². The zero-order valence-corrected chi connectivity index (χ0v) is 45.5. The molecule has 1 aliphatic heterocycles. The molecule has 1 amide bonds. The van der Waals surface area contributed by atoms with Crippen LogP contribution in [0.15, 0.2) is 48.6 Å². The molecule has 9 heteroatoms. The summed E-state index contributed by atoms with van der Waals surface area (Å²) < 4.78 is 11.3. The highest BCUT2D eigenvalue weighted by Gasteiger charge is 2.44. The minimum atomic E-state index is -1.57. The van der Waals surface area contributed by atoms with Crippen LogP contribution in [0.25, 0.3) is 0 Å². The molecule has 0 spiro atoms. The van der Waals surface area contributed by atoms with E-state index < -0.39 is 49.5 Å². The largest absolute Gasteiger partial charge is 0.394 e. The van der Waals surface area contributed by atoms with Gasteiger partial charge in [-0.15, -0.1) is 0 Å². The molecule has 0 saturated carbocycles. The van der Waals surface area contributed by atoms with E-state index in [2.05, 4.69) is 55.6 Å². The number of amides is 1. The monoisotopic (exact) mass is 988 g/mol. The number of aliphatic hydroxyl groups is 5. The van der Waals surface area contributed by atoms with Crippen LogP contribution < -0.4 is 5.32 Å². The van der Waals surface area contributed by atoms with Crippen molar-refractivity contribution in [3.63, 3.8) is 0 Å². The van der Waals surface area contributed by atoms with Crippen LogP contribution in [0.1, 0.15) is 277 Å². The molecule has 0 bridgehead atoms. The van der Waals surface area contributed by atoms with Gasteiger partial charge in [0, 0.05) is 6.42 Å². The first-order valence-corrected chi connectivity index (χ1v) is 29.9. The molecule has 7 atom stereocenters. The lowest BCUT2D eigenvalue weighted by atomic mass is 9.99. The maximum Gasteiger partial charge on any atom is 0.220 e. The minimum Gasteiger partial charge on any atom is -0.394 e. The summed E-state index contributed by atoms with van der Waals surface area (Å²) >= 11 is 0. The molecule has 410 valence electrons. The number of rotatable bonds is 51. The predicted molar refractivity (Wildman–Crippen MR) is 295 cm³/mol. The fraction of sp³-hybridized carbons (Fsp3) is 0.852.